The van der Waals surface area contributed by atoms with Crippen molar-refractivity contribution in [2.75, 3.05) is 28.2 Å². The van der Waals surface area contributed by atoms with Gasteiger partial charge < -0.3 is 4.90 Å². The molecule has 6 nitrogen and oxygen atoms in total. The summed E-state index contributed by atoms with van der Waals surface area (Å²) in [6.07, 6.45) is 2.67. The van der Waals surface area contributed by atoms with Crippen molar-refractivity contribution in [2.24, 2.45) is 0 Å². The summed E-state index contributed by atoms with van der Waals surface area (Å²) in [6, 6.07) is 7.84. The van der Waals surface area contributed by atoms with Crippen LogP contribution in [-0.4, -0.2) is 43.0 Å². The lowest BCUT2D eigenvalue weighted by molar-refractivity contribution is 0.254. The number of aryl methyl sites for hydroxylation is 1. The number of carbonyl (C=O) groups excluding carboxylic acids is 1. The van der Waals surface area contributed by atoms with E-state index in [4.69, 9.17) is 0 Å². The molecule has 2 bridgehead atoms. The van der Waals surface area contributed by atoms with Crippen LogP contribution in [0.25, 0.3) is 0 Å². The van der Waals surface area contributed by atoms with E-state index < -0.39 is 0 Å². The van der Waals surface area contributed by atoms with Crippen LogP contribution in [0.4, 0.5) is 22.1 Å². The average Bonchev–Trinajstić information content (AvgIpc) is 2.92. The summed E-state index contributed by atoms with van der Waals surface area (Å²) in [4.78, 5) is 25.8. The molecule has 0 radical (unpaired) electrons. The summed E-state index contributed by atoms with van der Waals surface area (Å²) in [5, 5.41) is 2.91. The molecule has 7 heteroatoms. The first kappa shape index (κ1) is 14.1. The molecule has 1 saturated heterocycles. The van der Waals surface area contributed by atoms with Crippen molar-refractivity contribution >= 4 is 36.7 Å². The summed E-state index contributed by atoms with van der Waals surface area (Å²) >= 11 is 0. The van der Waals surface area contributed by atoms with Crippen molar-refractivity contribution in [2.45, 2.75) is 19.4 Å². The van der Waals surface area contributed by atoms with Gasteiger partial charge in [-0.15, -0.1) is 0 Å². The second-order valence-corrected chi connectivity index (χ2v) is 6.20. The van der Waals surface area contributed by atoms with E-state index in [2.05, 4.69) is 26.3 Å². The molecule has 2 aliphatic heterocycles. The number of nitrogens with one attached hydrogen (secondary N) is 1. The summed E-state index contributed by atoms with van der Waals surface area (Å²) in [5.74, 6) is 1.33. The van der Waals surface area contributed by atoms with Gasteiger partial charge in [0.1, 0.15) is 13.7 Å². The molecule has 1 fully saturated rings. The van der Waals surface area contributed by atoms with Crippen LogP contribution >= 0.6 is 0 Å². The number of nitrogens with zero attached hydrogens (tertiary/aromatic N) is 4. The maximum Gasteiger partial charge on any atom is 0.329 e. The Hall–Kier alpha value is -2.57. The number of fused-ring (bicyclic) bond motifs is 4. The Balaban J connectivity index is 1.68. The monoisotopic (exact) mass is 307 g/mol. The molecule has 4 rings (SSSR count). The first-order valence-corrected chi connectivity index (χ1v) is 7.87. The number of anilines is 3. The van der Waals surface area contributed by atoms with E-state index in [-0.39, 0.29) is 12.1 Å². The number of pyridine rings is 2. The number of aromatic nitrogens is 2. The largest absolute Gasteiger partial charge is 0.366 e. The highest BCUT2D eigenvalue weighted by molar-refractivity contribution is 6.32. The van der Waals surface area contributed by atoms with Crippen LogP contribution in [0, 0.1) is 6.92 Å². The van der Waals surface area contributed by atoms with Crippen molar-refractivity contribution in [3.8, 4) is 0 Å². The number of carbonyl (C=O) groups is 1. The number of rotatable bonds is 1. The topological polar surface area (TPSA) is 61.4 Å². The molecule has 2 aromatic rings. The standard InChI is InChI=1S/C16H18BN5O/c1-10-2-3-13-15(19-10)22(12-5-7-21(13)9-12)16(23)20-14-8-11(17)4-6-18-14/h2-4,6,8,12H,5,7,9,17H2,1H3,(H,18,20,23). The van der Waals surface area contributed by atoms with Crippen LogP contribution in [0.3, 0.4) is 0 Å². The molecule has 2 aliphatic rings. The highest BCUT2D eigenvalue weighted by Gasteiger charge is 2.40. The Morgan fingerprint density at radius 2 is 2.26 bits per heavy atom. The average molecular weight is 307 g/mol. The summed E-state index contributed by atoms with van der Waals surface area (Å²) < 4.78 is 0. The lowest BCUT2D eigenvalue weighted by Crippen LogP contribution is -2.48. The maximum absolute atomic E-state index is 12.9. The van der Waals surface area contributed by atoms with Gasteiger partial charge in [-0.3, -0.25) is 10.2 Å². The minimum atomic E-state index is -0.158. The van der Waals surface area contributed by atoms with Crippen LogP contribution < -0.4 is 20.6 Å². The number of hydrogen-bond donors (Lipinski definition) is 1. The highest BCUT2D eigenvalue weighted by Crippen LogP contribution is 2.38. The molecular weight excluding hydrogens is 289 g/mol. The van der Waals surface area contributed by atoms with Gasteiger partial charge in [0.05, 0.1) is 11.7 Å². The van der Waals surface area contributed by atoms with E-state index >= 15 is 0 Å². The molecule has 0 spiro atoms. The van der Waals surface area contributed by atoms with Crippen LogP contribution in [0.15, 0.2) is 30.5 Å². The van der Waals surface area contributed by atoms with Gasteiger partial charge in [-0.1, -0.05) is 5.46 Å². The third-order valence-corrected chi connectivity index (χ3v) is 4.46. The lowest BCUT2D eigenvalue weighted by atomic mass is 9.98. The molecule has 1 N–H and O–H groups in total. The van der Waals surface area contributed by atoms with Gasteiger partial charge in [-0.05, 0) is 37.6 Å². The second kappa shape index (κ2) is 5.26. The van der Waals surface area contributed by atoms with Crippen LogP contribution in [-0.2, 0) is 0 Å². The molecule has 1 unspecified atom stereocenters. The molecule has 0 aromatic carbocycles. The number of hydrogen-bond acceptors (Lipinski definition) is 4. The summed E-state index contributed by atoms with van der Waals surface area (Å²) in [5.41, 5.74) is 3.02. The fourth-order valence-corrected chi connectivity index (χ4v) is 3.34. The van der Waals surface area contributed by atoms with E-state index in [1.165, 1.54) is 0 Å². The van der Waals surface area contributed by atoms with Gasteiger partial charge in [-0.2, -0.15) is 0 Å². The van der Waals surface area contributed by atoms with E-state index in [0.29, 0.717) is 5.82 Å². The van der Waals surface area contributed by atoms with Crippen molar-refractivity contribution < 1.29 is 4.79 Å². The third-order valence-electron chi connectivity index (χ3n) is 4.46. The molecule has 116 valence electrons. The Kier molecular flexibility index (Phi) is 3.21. The fraction of sp³-hybridized carbons (Fsp3) is 0.312. The van der Waals surface area contributed by atoms with Gasteiger partial charge in [0.25, 0.3) is 0 Å². The van der Waals surface area contributed by atoms with Crippen molar-refractivity contribution in [1.29, 1.82) is 0 Å². The third kappa shape index (κ3) is 2.42. The summed E-state index contributed by atoms with van der Waals surface area (Å²) in [7, 11) is 1.98. The second-order valence-electron chi connectivity index (χ2n) is 6.20. The Labute approximate surface area is 135 Å². The van der Waals surface area contributed by atoms with E-state index in [0.717, 1.165) is 42.2 Å². The SMILES string of the molecule is Bc1ccnc(NC(=O)N2c3nc(C)ccc3N3CCC2C3)c1. The Bertz CT molecular complexity index is 781. The van der Waals surface area contributed by atoms with Crippen molar-refractivity contribution in [3.05, 3.63) is 36.2 Å². The maximum atomic E-state index is 12.9. The lowest BCUT2D eigenvalue weighted by Gasteiger charge is -2.35. The van der Waals surface area contributed by atoms with Gasteiger partial charge in [-0.25, -0.2) is 14.8 Å². The number of amides is 2. The first-order valence-electron chi connectivity index (χ1n) is 7.87. The molecule has 1 atom stereocenters. The van der Waals surface area contributed by atoms with E-state index in [1.807, 2.05) is 33.0 Å². The molecular formula is C16H18BN5O. The smallest absolute Gasteiger partial charge is 0.329 e. The van der Waals surface area contributed by atoms with E-state index in [1.54, 1.807) is 11.1 Å². The van der Waals surface area contributed by atoms with Crippen LogP contribution in [0.2, 0.25) is 0 Å². The molecule has 23 heavy (non-hydrogen) atoms. The van der Waals surface area contributed by atoms with Crippen LogP contribution in [0.5, 0.6) is 0 Å². The molecule has 2 amide bonds. The minimum Gasteiger partial charge on any atom is -0.366 e. The van der Waals surface area contributed by atoms with E-state index in [9.17, 15) is 4.79 Å². The Morgan fingerprint density at radius 1 is 1.39 bits per heavy atom. The Morgan fingerprint density at radius 3 is 3.09 bits per heavy atom. The zero-order valence-corrected chi connectivity index (χ0v) is 13.3. The normalized spacial score (nSPS) is 18.7. The van der Waals surface area contributed by atoms with Gasteiger partial charge in [0, 0.05) is 25.0 Å². The van der Waals surface area contributed by atoms with Gasteiger partial charge in [0.15, 0.2) is 5.82 Å². The molecule has 2 aromatic heterocycles. The fourth-order valence-electron chi connectivity index (χ4n) is 3.34. The zero-order chi connectivity index (χ0) is 16.0. The zero-order valence-electron chi connectivity index (χ0n) is 13.3. The summed E-state index contributed by atoms with van der Waals surface area (Å²) in [6.45, 7) is 3.78. The quantitative estimate of drug-likeness (QED) is 0.787. The van der Waals surface area contributed by atoms with Gasteiger partial charge in [0.2, 0.25) is 0 Å². The first-order chi connectivity index (χ1) is 11.1. The molecule has 4 heterocycles. The van der Waals surface area contributed by atoms with Crippen molar-refractivity contribution in [3.63, 3.8) is 0 Å². The predicted molar refractivity (Wildman–Crippen MR) is 93.5 cm³/mol. The van der Waals surface area contributed by atoms with Crippen molar-refractivity contribution in [1.82, 2.24) is 9.97 Å². The van der Waals surface area contributed by atoms with Crippen LogP contribution in [0.1, 0.15) is 12.1 Å². The van der Waals surface area contributed by atoms with Gasteiger partial charge >= 0.3 is 6.03 Å². The number of urea groups is 1. The predicted octanol–water partition coefficient (Wildman–Crippen LogP) is 0.674. The molecule has 0 aliphatic carbocycles. The highest BCUT2D eigenvalue weighted by atomic mass is 16.2. The molecule has 0 saturated carbocycles. The minimum absolute atomic E-state index is 0.158.